The van der Waals surface area contributed by atoms with Crippen molar-refractivity contribution in [1.29, 1.82) is 0 Å². The summed E-state index contributed by atoms with van der Waals surface area (Å²) in [5.41, 5.74) is 10.2. The average Bonchev–Trinajstić information content (AvgIpc) is 3.24. The molecule has 5 rings (SSSR count). The summed E-state index contributed by atoms with van der Waals surface area (Å²) in [5.74, 6) is 0. The second kappa shape index (κ2) is 11.3. The Morgan fingerprint density at radius 3 is 2.05 bits per heavy atom. The van der Waals surface area contributed by atoms with E-state index in [2.05, 4.69) is 131 Å². The molecular formula is C35H40N2O3S. The molecule has 2 aliphatic heterocycles. The first-order valence-corrected chi connectivity index (χ1v) is 15.2. The number of aryl methyl sites for hydroxylation is 1. The van der Waals surface area contributed by atoms with Crippen molar-refractivity contribution >= 4 is 27.2 Å². The van der Waals surface area contributed by atoms with Gasteiger partial charge in [-0.1, -0.05) is 85.7 Å². The van der Waals surface area contributed by atoms with Crippen molar-refractivity contribution in [3.8, 4) is 0 Å². The molecule has 0 saturated carbocycles. The zero-order chi connectivity index (χ0) is 30.2. The van der Waals surface area contributed by atoms with Gasteiger partial charge in [-0.05, 0) is 57.5 Å². The second-order valence-corrected chi connectivity index (χ2v) is 13.2. The molecule has 2 heterocycles. The van der Waals surface area contributed by atoms with Gasteiger partial charge < -0.3 is 9.45 Å². The van der Waals surface area contributed by atoms with Gasteiger partial charge in [0.15, 0.2) is 5.71 Å². The Balaban J connectivity index is 0.000000296. The van der Waals surface area contributed by atoms with Gasteiger partial charge in [-0.3, -0.25) is 0 Å². The standard InChI is InChI=1S/C28H33N2.C7H8O3S/c1-20(16-18-25-27(2,3)21-12-8-10-14-23(21)29(25)6)17-19-26-28(4,5)22-13-9-11-15-24(22)30(26)7;1-6-2-4-7(5-3-6)11(8,9)10/h8-19H,1-7H3;2-5H,1H3,(H,8,9,10)/q+1;/p-1. The SMILES string of the molecule is CC(/C=C/C1=[N+](C)c2ccccc2C1(C)C)=C\C=C1\N(C)c2ccccc2C1(C)C.Cc1ccc(S(=O)(=O)[O-])cc1. The molecular weight excluding hydrogens is 528 g/mol. The molecule has 0 fully saturated rings. The summed E-state index contributed by atoms with van der Waals surface area (Å²) in [6.07, 6.45) is 9.04. The van der Waals surface area contributed by atoms with E-state index in [9.17, 15) is 13.0 Å². The van der Waals surface area contributed by atoms with Crippen LogP contribution in [0, 0.1) is 6.92 Å². The minimum absolute atomic E-state index is 0.00981. The van der Waals surface area contributed by atoms with Crippen LogP contribution in [0.5, 0.6) is 0 Å². The molecule has 6 heteroatoms. The van der Waals surface area contributed by atoms with Crippen molar-refractivity contribution in [3.05, 3.63) is 125 Å². The highest BCUT2D eigenvalue weighted by molar-refractivity contribution is 7.85. The lowest BCUT2D eigenvalue weighted by atomic mass is 9.81. The molecule has 41 heavy (non-hydrogen) atoms. The van der Waals surface area contributed by atoms with Gasteiger partial charge in [0.2, 0.25) is 5.69 Å². The molecule has 0 atom stereocenters. The van der Waals surface area contributed by atoms with Crippen LogP contribution in [0.3, 0.4) is 0 Å². The smallest absolute Gasteiger partial charge is 0.209 e. The number of fused-ring (bicyclic) bond motifs is 2. The van der Waals surface area contributed by atoms with E-state index in [-0.39, 0.29) is 15.7 Å². The number of para-hydroxylation sites is 2. The Labute approximate surface area is 245 Å². The van der Waals surface area contributed by atoms with Crippen LogP contribution in [0.1, 0.15) is 51.3 Å². The van der Waals surface area contributed by atoms with E-state index < -0.39 is 10.1 Å². The first-order chi connectivity index (χ1) is 19.2. The van der Waals surface area contributed by atoms with E-state index in [0.29, 0.717) is 0 Å². The second-order valence-electron chi connectivity index (χ2n) is 11.9. The molecule has 0 N–H and O–H groups in total. The quantitative estimate of drug-likeness (QED) is 0.187. The third kappa shape index (κ3) is 5.99. The van der Waals surface area contributed by atoms with E-state index in [1.807, 2.05) is 6.92 Å². The predicted molar refractivity (Wildman–Crippen MR) is 168 cm³/mol. The summed E-state index contributed by atoms with van der Waals surface area (Å²) in [7, 11) is 0.0667. The lowest BCUT2D eigenvalue weighted by Gasteiger charge is -2.23. The van der Waals surface area contributed by atoms with Crippen LogP contribution < -0.4 is 4.90 Å². The van der Waals surface area contributed by atoms with Gasteiger partial charge in [-0.25, -0.2) is 8.42 Å². The largest absolute Gasteiger partial charge is 0.744 e. The van der Waals surface area contributed by atoms with Gasteiger partial charge in [-0.2, -0.15) is 4.58 Å². The van der Waals surface area contributed by atoms with Crippen LogP contribution in [-0.4, -0.2) is 37.4 Å². The van der Waals surface area contributed by atoms with Gasteiger partial charge in [0, 0.05) is 41.6 Å². The molecule has 214 valence electrons. The molecule has 0 aliphatic carbocycles. The van der Waals surface area contributed by atoms with Crippen LogP contribution in [0.4, 0.5) is 11.4 Å². The van der Waals surface area contributed by atoms with Gasteiger partial charge in [0.05, 0.1) is 10.3 Å². The average molecular weight is 569 g/mol. The van der Waals surface area contributed by atoms with Crippen LogP contribution in [0.15, 0.2) is 113 Å². The Morgan fingerprint density at radius 2 is 1.46 bits per heavy atom. The summed E-state index contributed by atoms with van der Waals surface area (Å²) >= 11 is 0. The Morgan fingerprint density at radius 1 is 0.878 bits per heavy atom. The van der Waals surface area contributed by atoms with Gasteiger partial charge in [-0.15, -0.1) is 0 Å². The van der Waals surface area contributed by atoms with Crippen molar-refractivity contribution < 1.29 is 17.5 Å². The molecule has 0 aromatic heterocycles. The first-order valence-electron chi connectivity index (χ1n) is 13.8. The third-order valence-electron chi connectivity index (χ3n) is 8.20. The molecule has 0 radical (unpaired) electrons. The fourth-order valence-electron chi connectivity index (χ4n) is 5.78. The van der Waals surface area contributed by atoms with E-state index >= 15 is 0 Å². The molecule has 0 amide bonds. The summed E-state index contributed by atoms with van der Waals surface area (Å²) in [5, 5.41) is 0. The van der Waals surface area contributed by atoms with Crippen molar-refractivity contribution in [3.63, 3.8) is 0 Å². The number of nitrogens with zero attached hydrogens (tertiary/aromatic N) is 2. The molecule has 2 aliphatic rings. The number of anilines is 1. The minimum Gasteiger partial charge on any atom is -0.744 e. The van der Waals surface area contributed by atoms with Crippen molar-refractivity contribution in [2.75, 3.05) is 19.0 Å². The van der Waals surface area contributed by atoms with Gasteiger partial charge in [0.1, 0.15) is 17.2 Å². The number of allylic oxidation sites excluding steroid dienone is 6. The van der Waals surface area contributed by atoms with E-state index in [1.54, 1.807) is 12.1 Å². The zero-order valence-corrected chi connectivity index (χ0v) is 26.1. The first kappa shape index (κ1) is 30.2. The van der Waals surface area contributed by atoms with Crippen LogP contribution >= 0.6 is 0 Å². The molecule has 5 nitrogen and oxygen atoms in total. The fourth-order valence-corrected chi connectivity index (χ4v) is 6.25. The van der Waals surface area contributed by atoms with Crippen molar-refractivity contribution in [2.45, 2.75) is 57.3 Å². The lowest BCUT2D eigenvalue weighted by molar-refractivity contribution is -0.401. The maximum absolute atomic E-state index is 10.4. The van der Waals surface area contributed by atoms with Gasteiger partial charge >= 0.3 is 0 Å². The molecule has 0 spiro atoms. The number of hydrogen-bond acceptors (Lipinski definition) is 4. The highest BCUT2D eigenvalue weighted by Crippen LogP contribution is 2.46. The Hall–Kier alpha value is -3.74. The van der Waals surface area contributed by atoms with E-state index in [1.165, 1.54) is 51.6 Å². The van der Waals surface area contributed by atoms with Crippen LogP contribution in [0.25, 0.3) is 0 Å². The summed E-state index contributed by atoms with van der Waals surface area (Å²) < 4.78 is 33.5. The number of benzene rings is 3. The predicted octanol–water partition coefficient (Wildman–Crippen LogP) is 7.41. The molecule has 0 unspecified atom stereocenters. The summed E-state index contributed by atoms with van der Waals surface area (Å²) in [6, 6.07) is 23.2. The number of rotatable bonds is 4. The maximum atomic E-state index is 10.4. The van der Waals surface area contributed by atoms with Crippen molar-refractivity contribution in [2.24, 2.45) is 0 Å². The highest BCUT2D eigenvalue weighted by atomic mass is 32.2. The number of likely N-dealkylation sites (N-methyl/N-ethyl adjacent to an activating group) is 1. The monoisotopic (exact) mass is 568 g/mol. The van der Waals surface area contributed by atoms with Crippen molar-refractivity contribution in [1.82, 2.24) is 0 Å². The molecule has 0 bridgehead atoms. The fraction of sp³-hybridized carbons (Fsp3) is 0.286. The highest BCUT2D eigenvalue weighted by Gasteiger charge is 2.42. The molecule has 3 aromatic rings. The maximum Gasteiger partial charge on any atom is 0.209 e. The van der Waals surface area contributed by atoms with Crippen LogP contribution in [0.2, 0.25) is 0 Å². The summed E-state index contributed by atoms with van der Waals surface area (Å²) in [6.45, 7) is 13.2. The van der Waals surface area contributed by atoms with Gasteiger partial charge in [0.25, 0.3) is 0 Å². The third-order valence-corrected chi connectivity index (χ3v) is 9.05. The number of hydrogen-bond donors (Lipinski definition) is 0. The minimum atomic E-state index is -4.27. The summed E-state index contributed by atoms with van der Waals surface area (Å²) in [4.78, 5) is 2.14. The van der Waals surface area contributed by atoms with Crippen LogP contribution in [-0.2, 0) is 20.9 Å². The lowest BCUT2D eigenvalue weighted by Crippen LogP contribution is -2.26. The van der Waals surface area contributed by atoms with E-state index in [0.717, 1.165) is 5.56 Å². The molecule has 0 saturated heterocycles. The molecule has 3 aromatic carbocycles. The Bertz CT molecular complexity index is 1690. The topological polar surface area (TPSA) is 63.5 Å². The Kier molecular flexibility index (Phi) is 8.30. The van der Waals surface area contributed by atoms with E-state index in [4.69, 9.17) is 0 Å². The normalized spacial score (nSPS) is 18.4. The zero-order valence-electron chi connectivity index (χ0n) is 25.3.